The second kappa shape index (κ2) is 17.0. The molecular weight excluding hydrogens is 652 g/mol. The number of aryl methyl sites for hydroxylation is 1. The zero-order chi connectivity index (χ0) is 37.3. The van der Waals surface area contributed by atoms with E-state index in [0.29, 0.717) is 30.8 Å². The molecule has 0 bridgehead atoms. The Labute approximate surface area is 290 Å². The van der Waals surface area contributed by atoms with E-state index in [4.69, 9.17) is 17.2 Å². The number of hydrogen-bond donors (Lipinski definition) is 5. The summed E-state index contributed by atoms with van der Waals surface area (Å²) in [4.78, 5) is 23.5. The van der Waals surface area contributed by atoms with Crippen LogP contribution in [0.25, 0.3) is 16.7 Å². The van der Waals surface area contributed by atoms with Crippen molar-refractivity contribution < 1.29 is 22.3 Å². The van der Waals surface area contributed by atoms with Crippen molar-refractivity contribution in [3.05, 3.63) is 87.6 Å². The van der Waals surface area contributed by atoms with Crippen molar-refractivity contribution >= 4 is 17.0 Å². The molecule has 0 fully saturated rings. The Bertz CT molecular complexity index is 1760. The summed E-state index contributed by atoms with van der Waals surface area (Å²) < 4.78 is 56.4. The van der Waals surface area contributed by atoms with E-state index in [1.165, 1.54) is 16.7 Å². The number of H-pyrrole nitrogens is 1. The third-order valence-corrected chi connectivity index (χ3v) is 7.68. The number of alkyl halides is 4. The molecule has 4 aromatic rings. The van der Waals surface area contributed by atoms with Crippen molar-refractivity contribution in [1.29, 1.82) is 0 Å². The minimum Gasteiger partial charge on any atom is -0.406 e. The van der Waals surface area contributed by atoms with Gasteiger partial charge >= 0.3 is 12.1 Å². The fraction of sp³-hybridized carbons (Fsp3) is 0.472. The van der Waals surface area contributed by atoms with Crippen LogP contribution in [0.5, 0.6) is 5.75 Å². The van der Waals surface area contributed by atoms with Gasteiger partial charge in [0, 0.05) is 35.8 Å². The zero-order valence-corrected chi connectivity index (χ0v) is 29.6. The average Bonchev–Trinajstić information content (AvgIpc) is 3.43. The van der Waals surface area contributed by atoms with Gasteiger partial charge in [-0.1, -0.05) is 59.7 Å². The molecule has 2 aromatic heterocycles. The first-order chi connectivity index (χ1) is 23.2. The number of hydrogen-bond acceptors (Lipinski definition) is 6. The number of nitrogens with two attached hydrogens (primary N) is 3. The number of aromatic amines is 1. The Kier molecular flexibility index (Phi) is 13.6. The van der Waals surface area contributed by atoms with Gasteiger partial charge < -0.3 is 32.2 Å². The van der Waals surface area contributed by atoms with Crippen LogP contribution in [0.3, 0.4) is 0 Å². The van der Waals surface area contributed by atoms with Gasteiger partial charge in [0.2, 0.25) is 0 Å². The molecule has 0 aliphatic heterocycles. The molecule has 50 heavy (non-hydrogen) atoms. The predicted octanol–water partition coefficient (Wildman–Crippen LogP) is 5.88. The van der Waals surface area contributed by atoms with Crippen LogP contribution in [0, 0.1) is 0 Å². The molecule has 0 aliphatic carbocycles. The standard InChI is InChI=1S/C21H28FN7O.C15H22F3NO/c1-21(2,3)17-8-14-12-29(20(30)28-18(14)27-17)16-6-4-13(5-7-16)9-25-10-15(22)11-26-19(23)24;1-14(2,3)12-8-11(6-4-5-7-19)9-13(10-12)20-15(16,17)18/h4-8,12,15,25H,9-11H2,1-3H3,(H4,23,24,26)(H,27,28,30);8-10H,4-7,19H2,1-3H3/t15-;/m1./s1. The zero-order valence-electron chi connectivity index (χ0n) is 29.6. The SMILES string of the molecule is CC(C)(C)c1cc(CCCCN)cc(OC(F)(F)F)c1.CC(C)(C)c1cc2cn(-c3ccc(CNC[C@@H](F)CN=C(N)N)cc3)c(=O)nc2[nH]1. The van der Waals surface area contributed by atoms with Gasteiger partial charge in [-0.2, -0.15) is 4.98 Å². The number of nitrogens with one attached hydrogen (secondary N) is 2. The molecule has 0 amide bonds. The molecule has 2 aromatic carbocycles. The van der Waals surface area contributed by atoms with E-state index in [1.54, 1.807) is 6.20 Å². The van der Waals surface area contributed by atoms with Crippen molar-refractivity contribution in [1.82, 2.24) is 19.9 Å². The quantitative estimate of drug-likeness (QED) is 0.0533. The van der Waals surface area contributed by atoms with Crippen LogP contribution in [-0.2, 0) is 23.8 Å². The molecule has 0 saturated heterocycles. The van der Waals surface area contributed by atoms with Crippen LogP contribution in [0.4, 0.5) is 17.6 Å². The van der Waals surface area contributed by atoms with Gasteiger partial charge in [0.25, 0.3) is 0 Å². The lowest BCUT2D eigenvalue weighted by atomic mass is 9.85. The van der Waals surface area contributed by atoms with Gasteiger partial charge in [-0.25, -0.2) is 9.18 Å². The first-order valence-electron chi connectivity index (χ1n) is 16.5. The summed E-state index contributed by atoms with van der Waals surface area (Å²) in [5, 5.41) is 3.90. The smallest absolute Gasteiger partial charge is 0.406 e. The van der Waals surface area contributed by atoms with E-state index in [9.17, 15) is 22.4 Å². The van der Waals surface area contributed by atoms with E-state index >= 15 is 0 Å². The van der Waals surface area contributed by atoms with Gasteiger partial charge in [0.05, 0.1) is 12.2 Å². The Morgan fingerprint density at radius 3 is 2.24 bits per heavy atom. The highest BCUT2D eigenvalue weighted by molar-refractivity contribution is 5.76. The van der Waals surface area contributed by atoms with Crippen molar-refractivity contribution in [2.75, 3.05) is 19.6 Å². The van der Waals surface area contributed by atoms with Gasteiger partial charge in [-0.3, -0.25) is 9.56 Å². The third-order valence-electron chi connectivity index (χ3n) is 7.68. The molecule has 14 heteroatoms. The Balaban J connectivity index is 0.000000295. The number of benzene rings is 2. The molecule has 10 nitrogen and oxygen atoms in total. The third kappa shape index (κ3) is 12.8. The van der Waals surface area contributed by atoms with Crippen LogP contribution < -0.4 is 32.9 Å². The predicted molar refractivity (Wildman–Crippen MR) is 191 cm³/mol. The number of aliphatic imine (C=N–C) groups is 1. The van der Waals surface area contributed by atoms with Gasteiger partial charge in [-0.15, -0.1) is 13.2 Å². The first-order valence-corrected chi connectivity index (χ1v) is 16.5. The average molecular weight is 703 g/mol. The number of fused-ring (bicyclic) bond motifs is 1. The summed E-state index contributed by atoms with van der Waals surface area (Å²) >= 11 is 0. The number of guanidine groups is 1. The molecule has 8 N–H and O–H groups in total. The highest BCUT2D eigenvalue weighted by atomic mass is 19.4. The number of rotatable bonds is 12. The summed E-state index contributed by atoms with van der Waals surface area (Å²) in [6, 6.07) is 14.3. The highest BCUT2D eigenvalue weighted by Gasteiger charge is 2.31. The lowest BCUT2D eigenvalue weighted by molar-refractivity contribution is -0.274. The maximum Gasteiger partial charge on any atom is 0.573 e. The van der Waals surface area contributed by atoms with Crippen molar-refractivity contribution in [3.8, 4) is 11.4 Å². The molecular formula is C36H50F4N8O2. The molecule has 0 aliphatic rings. The summed E-state index contributed by atoms with van der Waals surface area (Å²) in [5.74, 6) is -0.266. The lowest BCUT2D eigenvalue weighted by Gasteiger charge is -2.21. The van der Waals surface area contributed by atoms with Crippen LogP contribution in [-0.4, -0.2) is 52.7 Å². The Morgan fingerprint density at radius 2 is 1.66 bits per heavy atom. The van der Waals surface area contributed by atoms with E-state index in [0.717, 1.165) is 40.6 Å². The van der Waals surface area contributed by atoms with E-state index < -0.39 is 12.5 Å². The maximum atomic E-state index is 13.7. The number of nitrogens with zero attached hydrogens (tertiary/aromatic N) is 3. The van der Waals surface area contributed by atoms with E-state index in [-0.39, 0.29) is 41.3 Å². The summed E-state index contributed by atoms with van der Waals surface area (Å²) in [7, 11) is 0. The number of ether oxygens (including phenoxy) is 1. The van der Waals surface area contributed by atoms with E-state index in [1.807, 2.05) is 57.2 Å². The Hall–Kier alpha value is -4.43. The van der Waals surface area contributed by atoms with Crippen molar-refractivity contribution in [2.24, 2.45) is 22.2 Å². The molecule has 1 atom stereocenters. The van der Waals surface area contributed by atoms with Crippen LogP contribution in [0.15, 0.2) is 64.5 Å². The van der Waals surface area contributed by atoms with Crippen molar-refractivity contribution in [3.63, 3.8) is 0 Å². The van der Waals surface area contributed by atoms with Gasteiger partial charge in [0.1, 0.15) is 17.6 Å². The minimum atomic E-state index is -4.66. The summed E-state index contributed by atoms with van der Waals surface area (Å²) in [5.41, 5.74) is 20.2. The topological polar surface area (TPSA) is 162 Å². The number of aromatic nitrogens is 3. The second-order valence-electron chi connectivity index (χ2n) is 14.2. The number of halogens is 4. The van der Waals surface area contributed by atoms with Crippen LogP contribution in [0.2, 0.25) is 0 Å². The lowest BCUT2D eigenvalue weighted by Crippen LogP contribution is -2.28. The maximum absolute atomic E-state index is 13.7. The van der Waals surface area contributed by atoms with Crippen molar-refractivity contribution in [2.45, 2.75) is 90.7 Å². The molecule has 274 valence electrons. The molecule has 0 spiro atoms. The second-order valence-corrected chi connectivity index (χ2v) is 14.2. The van der Waals surface area contributed by atoms with Gasteiger partial charge in [0.15, 0.2) is 5.96 Å². The largest absolute Gasteiger partial charge is 0.573 e. The van der Waals surface area contributed by atoms with Gasteiger partial charge in [-0.05, 0) is 78.2 Å². The molecule has 0 saturated carbocycles. The van der Waals surface area contributed by atoms with E-state index in [2.05, 4.69) is 45.8 Å². The minimum absolute atomic E-state index is 0.0644. The molecule has 0 unspecified atom stereocenters. The molecule has 4 rings (SSSR count). The fourth-order valence-electron chi connectivity index (χ4n) is 4.90. The first kappa shape index (κ1) is 40.0. The normalized spacial score (nSPS) is 12.7. The molecule has 2 heterocycles. The summed E-state index contributed by atoms with van der Waals surface area (Å²) in [6.07, 6.45) is -1.62. The monoisotopic (exact) mass is 702 g/mol. The summed E-state index contributed by atoms with van der Waals surface area (Å²) in [6.45, 7) is 13.3. The fourth-order valence-corrected chi connectivity index (χ4v) is 4.90. The van der Waals surface area contributed by atoms with Crippen LogP contribution >= 0.6 is 0 Å². The highest BCUT2D eigenvalue weighted by Crippen LogP contribution is 2.31. The molecule has 0 radical (unpaired) electrons. The number of unbranched alkanes of at least 4 members (excludes halogenated alkanes) is 1. The Morgan fingerprint density at radius 1 is 0.980 bits per heavy atom. The van der Waals surface area contributed by atoms with Crippen LogP contribution in [0.1, 0.15) is 76.8 Å².